The van der Waals surface area contributed by atoms with Crippen molar-refractivity contribution in [2.45, 2.75) is 18.3 Å². The predicted molar refractivity (Wildman–Crippen MR) is 102 cm³/mol. The zero-order chi connectivity index (χ0) is 18.7. The molecule has 0 aliphatic carbocycles. The van der Waals surface area contributed by atoms with Crippen LogP contribution in [0.15, 0.2) is 36.4 Å². The fraction of sp³-hybridized carbons (Fsp3) is 0.316. The zero-order valence-electron chi connectivity index (χ0n) is 13.8. The lowest BCUT2D eigenvalue weighted by atomic mass is 9.74. The molecule has 2 aromatic carbocycles. The number of halogens is 4. The van der Waals surface area contributed by atoms with Crippen LogP contribution < -0.4 is 5.32 Å². The second-order valence-electron chi connectivity index (χ2n) is 6.33. The Bertz CT molecular complexity index is 822. The van der Waals surface area contributed by atoms with Gasteiger partial charge in [-0.3, -0.25) is 4.79 Å². The standard InChI is InChI=1S/C19H17Cl3FNO2/c20-13-3-1-2-12(8-13)19(4-6-26-7-5-19)11-24-18(25)14-9-17(23)16(22)10-15(14)21/h1-3,8-10H,4-7,11H2,(H,24,25). The molecule has 0 saturated carbocycles. The van der Waals surface area contributed by atoms with Gasteiger partial charge in [0.05, 0.1) is 15.6 Å². The number of nitrogens with one attached hydrogen (secondary N) is 1. The quantitative estimate of drug-likeness (QED) is 0.690. The minimum absolute atomic E-state index is 0.0573. The van der Waals surface area contributed by atoms with E-state index < -0.39 is 11.7 Å². The summed E-state index contributed by atoms with van der Waals surface area (Å²) in [6.45, 7) is 1.56. The molecule has 2 aromatic rings. The van der Waals surface area contributed by atoms with Crippen molar-refractivity contribution in [3.8, 4) is 0 Å². The summed E-state index contributed by atoms with van der Waals surface area (Å²) < 4.78 is 19.2. The first-order valence-corrected chi connectivity index (χ1v) is 9.31. The van der Waals surface area contributed by atoms with Gasteiger partial charge in [-0.2, -0.15) is 0 Å². The summed E-state index contributed by atoms with van der Waals surface area (Å²) >= 11 is 17.9. The Balaban J connectivity index is 1.82. The van der Waals surface area contributed by atoms with Crippen LogP contribution >= 0.6 is 34.8 Å². The van der Waals surface area contributed by atoms with Crippen molar-refractivity contribution in [3.05, 3.63) is 68.4 Å². The first-order chi connectivity index (χ1) is 12.4. The minimum Gasteiger partial charge on any atom is -0.381 e. The third kappa shape index (κ3) is 4.15. The van der Waals surface area contributed by atoms with Crippen LogP contribution in [-0.4, -0.2) is 25.7 Å². The van der Waals surface area contributed by atoms with Gasteiger partial charge in [0.1, 0.15) is 5.82 Å². The van der Waals surface area contributed by atoms with Crippen molar-refractivity contribution in [1.82, 2.24) is 5.32 Å². The SMILES string of the molecule is O=C(NCC1(c2cccc(Cl)c2)CCOCC1)c1cc(F)c(Cl)cc1Cl. The molecule has 0 bridgehead atoms. The monoisotopic (exact) mass is 415 g/mol. The maximum atomic E-state index is 13.7. The maximum absolute atomic E-state index is 13.7. The third-order valence-electron chi connectivity index (χ3n) is 4.73. The number of hydrogen-bond acceptors (Lipinski definition) is 2. The van der Waals surface area contributed by atoms with Crippen molar-refractivity contribution >= 4 is 40.7 Å². The highest BCUT2D eigenvalue weighted by molar-refractivity contribution is 6.36. The van der Waals surface area contributed by atoms with E-state index in [9.17, 15) is 9.18 Å². The zero-order valence-corrected chi connectivity index (χ0v) is 16.1. The molecule has 1 aliphatic heterocycles. The molecule has 1 saturated heterocycles. The van der Waals surface area contributed by atoms with Gasteiger partial charge in [0, 0.05) is 30.2 Å². The van der Waals surface area contributed by atoms with Gasteiger partial charge in [-0.25, -0.2) is 4.39 Å². The number of hydrogen-bond donors (Lipinski definition) is 1. The van der Waals surface area contributed by atoms with Gasteiger partial charge >= 0.3 is 0 Å². The second kappa shape index (κ2) is 8.13. The van der Waals surface area contributed by atoms with E-state index in [0.29, 0.717) is 24.8 Å². The Labute approximate surface area is 166 Å². The van der Waals surface area contributed by atoms with Gasteiger partial charge in [-0.1, -0.05) is 46.9 Å². The van der Waals surface area contributed by atoms with E-state index in [-0.39, 0.29) is 21.0 Å². The minimum atomic E-state index is -0.683. The summed E-state index contributed by atoms with van der Waals surface area (Å²) in [5, 5.41) is 3.51. The van der Waals surface area contributed by atoms with Crippen LogP contribution in [-0.2, 0) is 10.2 Å². The molecule has 0 atom stereocenters. The second-order valence-corrected chi connectivity index (χ2v) is 7.58. The Hall–Kier alpha value is -1.33. The van der Waals surface area contributed by atoms with E-state index in [2.05, 4.69) is 5.32 Å². The van der Waals surface area contributed by atoms with Crippen molar-refractivity contribution in [1.29, 1.82) is 0 Å². The summed E-state index contributed by atoms with van der Waals surface area (Å²) in [4.78, 5) is 12.5. The predicted octanol–water partition coefficient (Wildman–Crippen LogP) is 5.26. The van der Waals surface area contributed by atoms with Crippen LogP contribution in [0.5, 0.6) is 0 Å². The average Bonchev–Trinajstić information content (AvgIpc) is 2.63. The largest absolute Gasteiger partial charge is 0.381 e. The topological polar surface area (TPSA) is 38.3 Å². The molecule has 1 fully saturated rings. The highest BCUT2D eigenvalue weighted by atomic mass is 35.5. The van der Waals surface area contributed by atoms with Crippen LogP contribution in [0, 0.1) is 5.82 Å². The van der Waals surface area contributed by atoms with Crippen LogP contribution in [0.2, 0.25) is 15.1 Å². The van der Waals surface area contributed by atoms with Gasteiger partial charge in [0.2, 0.25) is 0 Å². The van der Waals surface area contributed by atoms with Crippen molar-refractivity contribution < 1.29 is 13.9 Å². The fourth-order valence-electron chi connectivity index (χ4n) is 3.19. The Kier molecular flexibility index (Phi) is 6.08. The Morgan fingerprint density at radius 1 is 1.12 bits per heavy atom. The van der Waals surface area contributed by atoms with Crippen LogP contribution in [0.1, 0.15) is 28.8 Å². The fourth-order valence-corrected chi connectivity index (χ4v) is 3.85. The molecular weight excluding hydrogens is 400 g/mol. The number of carbonyl (C=O) groups is 1. The van der Waals surface area contributed by atoms with E-state index in [4.69, 9.17) is 39.5 Å². The number of ether oxygens (including phenoxy) is 1. The highest BCUT2D eigenvalue weighted by Crippen LogP contribution is 2.35. The normalized spacial score (nSPS) is 16.3. The molecule has 7 heteroatoms. The highest BCUT2D eigenvalue weighted by Gasteiger charge is 2.35. The molecular formula is C19H17Cl3FNO2. The smallest absolute Gasteiger partial charge is 0.252 e. The summed E-state index contributed by atoms with van der Waals surface area (Å²) in [6.07, 6.45) is 1.49. The molecule has 1 amide bonds. The lowest BCUT2D eigenvalue weighted by Gasteiger charge is -2.38. The molecule has 138 valence electrons. The lowest BCUT2D eigenvalue weighted by Crippen LogP contribution is -2.44. The van der Waals surface area contributed by atoms with Crippen molar-refractivity contribution in [2.24, 2.45) is 0 Å². The molecule has 0 radical (unpaired) electrons. The van der Waals surface area contributed by atoms with Gasteiger partial charge in [-0.15, -0.1) is 0 Å². The van der Waals surface area contributed by atoms with Crippen molar-refractivity contribution in [2.75, 3.05) is 19.8 Å². The summed E-state index contributed by atoms with van der Waals surface area (Å²) in [5.74, 6) is -1.13. The third-order valence-corrected chi connectivity index (χ3v) is 5.57. The van der Waals surface area contributed by atoms with Crippen LogP contribution in [0.4, 0.5) is 4.39 Å². The van der Waals surface area contributed by atoms with Gasteiger partial charge < -0.3 is 10.1 Å². The summed E-state index contributed by atoms with van der Waals surface area (Å²) in [6, 6.07) is 9.89. The summed E-state index contributed by atoms with van der Waals surface area (Å²) in [7, 11) is 0. The first-order valence-electron chi connectivity index (χ1n) is 8.18. The lowest BCUT2D eigenvalue weighted by molar-refractivity contribution is 0.0487. The molecule has 26 heavy (non-hydrogen) atoms. The number of rotatable bonds is 4. The van der Waals surface area contributed by atoms with Crippen LogP contribution in [0.25, 0.3) is 0 Å². The molecule has 3 rings (SSSR count). The maximum Gasteiger partial charge on any atom is 0.252 e. The first kappa shape index (κ1) is 19.4. The van der Waals surface area contributed by atoms with Crippen molar-refractivity contribution in [3.63, 3.8) is 0 Å². The van der Waals surface area contributed by atoms with E-state index in [1.807, 2.05) is 24.3 Å². The molecule has 1 heterocycles. The Morgan fingerprint density at radius 2 is 1.85 bits per heavy atom. The number of carbonyl (C=O) groups excluding carboxylic acids is 1. The molecule has 1 N–H and O–H groups in total. The summed E-state index contributed by atoms with van der Waals surface area (Å²) in [5.41, 5.74) is 0.805. The van der Waals surface area contributed by atoms with Gasteiger partial charge in [-0.05, 0) is 42.7 Å². The average molecular weight is 417 g/mol. The van der Waals surface area contributed by atoms with E-state index in [1.54, 1.807) is 0 Å². The molecule has 0 spiro atoms. The molecule has 1 aliphatic rings. The Morgan fingerprint density at radius 3 is 2.54 bits per heavy atom. The van der Waals surface area contributed by atoms with Gasteiger partial charge in [0.25, 0.3) is 5.91 Å². The number of amides is 1. The van der Waals surface area contributed by atoms with E-state index >= 15 is 0 Å². The van der Waals surface area contributed by atoms with Gasteiger partial charge in [0.15, 0.2) is 0 Å². The van der Waals surface area contributed by atoms with Crippen LogP contribution in [0.3, 0.4) is 0 Å². The number of benzene rings is 2. The van der Waals surface area contributed by atoms with E-state index in [0.717, 1.165) is 24.5 Å². The van der Waals surface area contributed by atoms with E-state index in [1.165, 1.54) is 6.07 Å². The molecule has 3 nitrogen and oxygen atoms in total. The molecule has 0 aromatic heterocycles. The molecule has 0 unspecified atom stereocenters.